The van der Waals surface area contributed by atoms with E-state index in [4.69, 9.17) is 9.47 Å². The third kappa shape index (κ3) is 2.80. The summed E-state index contributed by atoms with van der Waals surface area (Å²) in [5.74, 6) is -0.589. The predicted octanol–water partition coefficient (Wildman–Crippen LogP) is 4.85. The molecule has 4 atom stereocenters. The number of esters is 2. The topological polar surface area (TPSA) is 52.6 Å². The zero-order valence-electron chi connectivity index (χ0n) is 14.2. The maximum Gasteiger partial charge on any atom is 0.339 e. The van der Waals surface area contributed by atoms with Gasteiger partial charge >= 0.3 is 11.9 Å². The molecule has 2 aromatic heterocycles. The minimum Gasteiger partial charge on any atom is -0.454 e. The van der Waals surface area contributed by atoms with Crippen molar-refractivity contribution in [3.05, 3.63) is 80.2 Å². The summed E-state index contributed by atoms with van der Waals surface area (Å²) in [7, 11) is 0. The first-order valence-corrected chi connectivity index (χ1v) is 10.7. The Morgan fingerprint density at radius 1 is 0.778 bits per heavy atom. The largest absolute Gasteiger partial charge is 0.454 e. The number of carbonyl (C=O) groups is 2. The van der Waals surface area contributed by atoms with Crippen LogP contribution in [-0.4, -0.2) is 24.1 Å². The average Bonchev–Trinajstić information content (AvgIpc) is 3.46. The molecule has 0 saturated heterocycles. The summed E-state index contributed by atoms with van der Waals surface area (Å²) >= 11 is 2.91. The van der Waals surface area contributed by atoms with Crippen molar-refractivity contribution < 1.29 is 19.1 Å². The number of hydrogen-bond donors (Lipinski definition) is 0. The lowest BCUT2D eigenvalue weighted by molar-refractivity contribution is -0.0348. The second-order valence-corrected chi connectivity index (χ2v) is 8.40. The highest BCUT2D eigenvalue weighted by molar-refractivity contribution is 7.08. The molecule has 2 bridgehead atoms. The van der Waals surface area contributed by atoms with Crippen molar-refractivity contribution in [2.45, 2.75) is 30.5 Å². The Labute approximate surface area is 164 Å². The Bertz CT molecular complexity index is 898. The normalized spacial score (nSPS) is 25.2. The van der Waals surface area contributed by atoms with Gasteiger partial charge in [-0.25, -0.2) is 9.59 Å². The van der Waals surface area contributed by atoms with Gasteiger partial charge in [0.1, 0.15) is 12.2 Å². The highest BCUT2D eigenvalue weighted by atomic mass is 32.1. The molecule has 2 heterocycles. The fraction of sp³-hybridized carbons (Fsp3) is 0.238. The number of hydrogen-bond acceptors (Lipinski definition) is 6. The number of ether oxygens (including phenoxy) is 2. The zero-order valence-corrected chi connectivity index (χ0v) is 15.9. The van der Waals surface area contributed by atoms with Crippen LogP contribution >= 0.6 is 22.7 Å². The Hall–Kier alpha value is -2.44. The molecule has 2 aliphatic rings. The summed E-state index contributed by atoms with van der Waals surface area (Å²) in [5.41, 5.74) is 3.49. The van der Waals surface area contributed by atoms with Crippen LogP contribution in [0.1, 0.15) is 50.1 Å². The van der Waals surface area contributed by atoms with E-state index in [-0.39, 0.29) is 23.8 Å². The van der Waals surface area contributed by atoms with E-state index in [9.17, 15) is 9.59 Å². The number of fused-ring (bicyclic) bond motifs is 5. The third-order valence-corrected chi connectivity index (χ3v) is 6.79. The van der Waals surface area contributed by atoms with E-state index in [1.807, 2.05) is 22.9 Å². The smallest absolute Gasteiger partial charge is 0.339 e. The summed E-state index contributed by atoms with van der Waals surface area (Å²) in [6.07, 6.45) is -0.0811. The first-order valence-electron chi connectivity index (χ1n) is 8.77. The lowest BCUT2D eigenvalue weighted by atomic mass is 9.87. The molecule has 0 amide bonds. The summed E-state index contributed by atoms with van der Waals surface area (Å²) in [6, 6.07) is 11.7. The molecule has 1 saturated carbocycles. The van der Waals surface area contributed by atoms with E-state index >= 15 is 0 Å². The summed E-state index contributed by atoms with van der Waals surface area (Å²) in [4.78, 5) is 25.1. The molecule has 3 aromatic rings. The monoisotopic (exact) mass is 396 g/mol. The predicted molar refractivity (Wildman–Crippen MR) is 104 cm³/mol. The van der Waals surface area contributed by atoms with Crippen molar-refractivity contribution in [2.75, 3.05) is 0 Å². The van der Waals surface area contributed by atoms with Crippen molar-refractivity contribution in [2.24, 2.45) is 0 Å². The molecule has 4 unspecified atom stereocenters. The summed E-state index contributed by atoms with van der Waals surface area (Å²) in [6.45, 7) is 0. The van der Waals surface area contributed by atoms with Crippen molar-refractivity contribution in [3.63, 3.8) is 0 Å². The van der Waals surface area contributed by atoms with Gasteiger partial charge in [0, 0.05) is 22.6 Å². The van der Waals surface area contributed by atoms with Crippen LogP contribution in [0.15, 0.2) is 57.9 Å². The second-order valence-electron chi connectivity index (χ2n) is 6.84. The Morgan fingerprint density at radius 3 is 1.67 bits per heavy atom. The molecule has 0 aliphatic heterocycles. The maximum absolute atomic E-state index is 12.6. The van der Waals surface area contributed by atoms with Gasteiger partial charge in [0.25, 0.3) is 0 Å². The molecular weight excluding hydrogens is 380 g/mol. The minimum absolute atomic E-state index is 0.0639. The van der Waals surface area contributed by atoms with Crippen molar-refractivity contribution in [1.29, 1.82) is 0 Å². The van der Waals surface area contributed by atoms with Gasteiger partial charge in [-0.15, -0.1) is 0 Å². The van der Waals surface area contributed by atoms with Gasteiger partial charge in [0.05, 0.1) is 11.1 Å². The summed E-state index contributed by atoms with van der Waals surface area (Å²) in [5, 5.41) is 7.24. The van der Waals surface area contributed by atoms with Crippen molar-refractivity contribution in [1.82, 2.24) is 0 Å². The fourth-order valence-corrected chi connectivity index (χ4v) is 5.49. The molecule has 2 aliphatic carbocycles. The van der Waals surface area contributed by atoms with Gasteiger partial charge < -0.3 is 9.47 Å². The standard InChI is InChI=1S/C21H16O4S2/c22-20(12-5-7-26-10-12)24-18-16-9-17(15-4-2-1-3-14(15)16)19(18)25-21(23)13-6-8-27-11-13/h1-8,10-11,16-19H,9H2. The van der Waals surface area contributed by atoms with Gasteiger partial charge in [-0.1, -0.05) is 24.3 Å². The number of rotatable bonds is 4. The van der Waals surface area contributed by atoms with Crippen LogP contribution in [0.5, 0.6) is 0 Å². The highest BCUT2D eigenvalue weighted by Crippen LogP contribution is 2.55. The van der Waals surface area contributed by atoms with E-state index in [0.717, 1.165) is 6.42 Å². The highest BCUT2D eigenvalue weighted by Gasteiger charge is 2.55. The van der Waals surface area contributed by atoms with Gasteiger partial charge in [0.15, 0.2) is 0 Å². The number of thiophene rings is 2. The van der Waals surface area contributed by atoms with Gasteiger partial charge in [-0.2, -0.15) is 22.7 Å². The van der Waals surface area contributed by atoms with Crippen LogP contribution in [0.3, 0.4) is 0 Å². The Balaban J connectivity index is 1.45. The van der Waals surface area contributed by atoms with E-state index < -0.39 is 12.2 Å². The fourth-order valence-electron chi connectivity index (χ4n) is 4.24. The van der Waals surface area contributed by atoms with E-state index in [0.29, 0.717) is 11.1 Å². The second kappa shape index (κ2) is 6.62. The minimum atomic E-state index is -0.458. The molecule has 5 rings (SSSR count). The van der Waals surface area contributed by atoms with Crippen molar-refractivity contribution in [3.8, 4) is 0 Å². The third-order valence-electron chi connectivity index (χ3n) is 5.42. The lowest BCUT2D eigenvalue weighted by Gasteiger charge is -2.31. The van der Waals surface area contributed by atoms with Gasteiger partial charge in [-0.3, -0.25) is 0 Å². The molecule has 1 fully saturated rings. The first kappa shape index (κ1) is 16.7. The van der Waals surface area contributed by atoms with Crippen molar-refractivity contribution >= 4 is 34.6 Å². The van der Waals surface area contributed by atoms with Crippen LogP contribution < -0.4 is 0 Å². The molecule has 0 N–H and O–H groups in total. The van der Waals surface area contributed by atoms with Crippen LogP contribution in [0.2, 0.25) is 0 Å². The van der Waals surface area contributed by atoms with E-state index in [1.165, 1.54) is 33.8 Å². The van der Waals surface area contributed by atoms with Gasteiger partial charge in [0.2, 0.25) is 0 Å². The molecule has 4 nitrogen and oxygen atoms in total. The molecule has 6 heteroatoms. The first-order chi connectivity index (χ1) is 13.2. The number of carbonyl (C=O) groups excluding carboxylic acids is 2. The van der Waals surface area contributed by atoms with Crippen LogP contribution in [0.25, 0.3) is 0 Å². The molecule has 1 aromatic carbocycles. The SMILES string of the molecule is O=C(OC1C2CC(c3ccccc32)C1OC(=O)c1ccsc1)c1ccsc1. The van der Waals surface area contributed by atoms with Gasteiger partial charge in [-0.05, 0) is 40.4 Å². The maximum atomic E-state index is 12.6. The van der Waals surface area contributed by atoms with Crippen LogP contribution in [0.4, 0.5) is 0 Å². The average molecular weight is 396 g/mol. The molecule has 0 radical (unpaired) electrons. The van der Waals surface area contributed by atoms with E-state index in [2.05, 4.69) is 12.1 Å². The quantitative estimate of drug-likeness (QED) is 0.592. The summed E-state index contributed by atoms with van der Waals surface area (Å²) < 4.78 is 11.7. The Morgan fingerprint density at radius 2 is 1.26 bits per heavy atom. The Kier molecular flexibility index (Phi) is 4.10. The number of benzene rings is 1. The van der Waals surface area contributed by atoms with E-state index in [1.54, 1.807) is 22.9 Å². The molecule has 0 spiro atoms. The van der Waals surface area contributed by atoms with Crippen LogP contribution in [0, 0.1) is 0 Å². The zero-order chi connectivity index (χ0) is 18.4. The molecule has 136 valence electrons. The molecular formula is C21H16O4S2. The molecule has 27 heavy (non-hydrogen) atoms. The lowest BCUT2D eigenvalue weighted by Crippen LogP contribution is -2.39. The van der Waals surface area contributed by atoms with Crippen LogP contribution in [-0.2, 0) is 9.47 Å².